The highest BCUT2D eigenvalue weighted by atomic mass is 32.2. The van der Waals surface area contributed by atoms with Crippen molar-refractivity contribution in [1.82, 2.24) is 24.1 Å². The summed E-state index contributed by atoms with van der Waals surface area (Å²) in [5.41, 5.74) is 1.43. The quantitative estimate of drug-likeness (QED) is 0.527. The first-order valence-corrected chi connectivity index (χ1v) is 12.6. The molecule has 9 nitrogen and oxygen atoms in total. The van der Waals surface area contributed by atoms with Crippen molar-refractivity contribution < 1.29 is 13.2 Å². The Hall–Kier alpha value is -2.76. The lowest BCUT2D eigenvalue weighted by atomic mass is 10.2. The molecule has 0 unspecified atom stereocenters. The van der Waals surface area contributed by atoms with Gasteiger partial charge in [-0.15, -0.1) is 10.2 Å². The minimum atomic E-state index is -3.47. The number of aromatic nitrogens is 4. The molecule has 1 fully saturated rings. The van der Waals surface area contributed by atoms with Gasteiger partial charge in [0.25, 0.3) is 0 Å². The number of thioether (sulfide) groups is 1. The molecule has 0 saturated carbocycles. The molecule has 3 heterocycles. The van der Waals surface area contributed by atoms with E-state index in [1.165, 1.54) is 28.2 Å². The van der Waals surface area contributed by atoms with E-state index in [1.54, 1.807) is 31.5 Å². The molecule has 4 rings (SSSR count). The van der Waals surface area contributed by atoms with Gasteiger partial charge in [-0.05, 0) is 56.2 Å². The number of carbonyl (C=O) groups is 1. The van der Waals surface area contributed by atoms with E-state index < -0.39 is 15.3 Å². The summed E-state index contributed by atoms with van der Waals surface area (Å²) in [5.74, 6) is 0.482. The third kappa shape index (κ3) is 4.69. The Labute approximate surface area is 191 Å². The largest absolute Gasteiger partial charge is 0.325 e. The van der Waals surface area contributed by atoms with Gasteiger partial charge < -0.3 is 9.88 Å². The fraction of sp³-hybridized carbons (Fsp3) is 0.333. The van der Waals surface area contributed by atoms with Crippen LogP contribution in [0.4, 0.5) is 5.69 Å². The molecule has 1 aliphatic rings. The van der Waals surface area contributed by atoms with E-state index in [2.05, 4.69) is 20.5 Å². The van der Waals surface area contributed by atoms with Crippen LogP contribution in [0.2, 0.25) is 0 Å². The average Bonchev–Trinajstić information content (AvgIpc) is 3.46. The zero-order valence-corrected chi connectivity index (χ0v) is 19.4. The molecule has 1 amide bonds. The predicted molar refractivity (Wildman–Crippen MR) is 123 cm³/mol. The second-order valence-electron chi connectivity index (χ2n) is 7.49. The topological polar surface area (TPSA) is 110 Å². The van der Waals surface area contributed by atoms with Crippen molar-refractivity contribution in [1.29, 1.82) is 0 Å². The van der Waals surface area contributed by atoms with E-state index in [1.807, 2.05) is 23.7 Å². The van der Waals surface area contributed by atoms with E-state index >= 15 is 0 Å². The third-order valence-corrected chi connectivity index (χ3v) is 8.30. The molecule has 3 aromatic rings. The van der Waals surface area contributed by atoms with Crippen LogP contribution in [0.3, 0.4) is 0 Å². The van der Waals surface area contributed by atoms with Crippen LogP contribution < -0.4 is 5.32 Å². The molecule has 1 saturated heterocycles. The van der Waals surface area contributed by atoms with Crippen LogP contribution in [0.1, 0.15) is 19.8 Å². The molecule has 0 spiro atoms. The summed E-state index contributed by atoms with van der Waals surface area (Å²) in [6.07, 6.45) is 5.15. The van der Waals surface area contributed by atoms with E-state index in [0.29, 0.717) is 29.8 Å². The molecule has 0 aliphatic carbocycles. The number of pyridine rings is 1. The van der Waals surface area contributed by atoms with E-state index in [-0.39, 0.29) is 10.8 Å². The van der Waals surface area contributed by atoms with Gasteiger partial charge in [-0.1, -0.05) is 11.8 Å². The third-order valence-electron chi connectivity index (χ3n) is 5.25. The fourth-order valence-corrected chi connectivity index (χ4v) is 5.75. The molecule has 0 radical (unpaired) electrons. The molecule has 1 N–H and O–H groups in total. The molecule has 1 aliphatic heterocycles. The zero-order valence-electron chi connectivity index (χ0n) is 17.8. The van der Waals surface area contributed by atoms with E-state index in [9.17, 15) is 13.2 Å². The van der Waals surface area contributed by atoms with Crippen molar-refractivity contribution in [2.75, 3.05) is 18.4 Å². The Balaban J connectivity index is 1.39. The SMILES string of the molecule is C[C@H](Sc1nnc(-c2ccncc2)n1C)C(=O)Nc1ccc(S(=O)(=O)N2CCCC2)cc1. The second kappa shape index (κ2) is 9.39. The van der Waals surface area contributed by atoms with Gasteiger partial charge in [-0.3, -0.25) is 9.78 Å². The van der Waals surface area contributed by atoms with Gasteiger partial charge in [0.15, 0.2) is 11.0 Å². The van der Waals surface area contributed by atoms with Crippen LogP contribution in [0, 0.1) is 0 Å². The minimum Gasteiger partial charge on any atom is -0.325 e. The Morgan fingerprint density at radius 2 is 1.72 bits per heavy atom. The fourth-order valence-electron chi connectivity index (χ4n) is 3.41. The first kappa shape index (κ1) is 22.4. The minimum absolute atomic E-state index is 0.210. The number of amides is 1. The highest BCUT2D eigenvalue weighted by Gasteiger charge is 2.27. The lowest BCUT2D eigenvalue weighted by Gasteiger charge is -2.16. The van der Waals surface area contributed by atoms with Crippen molar-refractivity contribution in [2.45, 2.75) is 35.1 Å². The van der Waals surface area contributed by atoms with E-state index in [4.69, 9.17) is 0 Å². The number of nitrogens with zero attached hydrogens (tertiary/aromatic N) is 5. The predicted octanol–water partition coefficient (Wildman–Crippen LogP) is 2.78. The summed E-state index contributed by atoms with van der Waals surface area (Å²) in [6.45, 7) is 2.90. The van der Waals surface area contributed by atoms with Crippen molar-refractivity contribution in [3.63, 3.8) is 0 Å². The standard InChI is InChI=1S/C21H24N6O3S2/c1-15(31-21-25-24-19(26(21)2)16-9-11-22-12-10-16)20(28)23-17-5-7-18(8-6-17)32(29,30)27-13-3-4-14-27/h5-12,15H,3-4,13-14H2,1-2H3,(H,23,28)/t15-/m0/s1. The Bertz CT molecular complexity index is 1190. The number of rotatable bonds is 7. The van der Waals surface area contributed by atoms with Gasteiger partial charge >= 0.3 is 0 Å². The number of hydrogen-bond acceptors (Lipinski definition) is 7. The summed E-state index contributed by atoms with van der Waals surface area (Å²) in [4.78, 5) is 16.9. The number of nitrogens with one attached hydrogen (secondary N) is 1. The first-order chi connectivity index (χ1) is 15.4. The van der Waals surface area contributed by atoms with Crippen LogP contribution in [-0.4, -0.2) is 56.7 Å². The maximum atomic E-state index is 12.7. The number of sulfonamides is 1. The highest BCUT2D eigenvalue weighted by Crippen LogP contribution is 2.27. The molecule has 0 bridgehead atoms. The molecule has 11 heteroatoms. The van der Waals surface area contributed by atoms with Crippen LogP contribution in [0.15, 0.2) is 58.8 Å². The van der Waals surface area contributed by atoms with Gasteiger partial charge in [0.2, 0.25) is 15.9 Å². The van der Waals surface area contributed by atoms with Crippen molar-refractivity contribution in [3.8, 4) is 11.4 Å². The monoisotopic (exact) mass is 472 g/mol. The summed E-state index contributed by atoms with van der Waals surface area (Å²) < 4.78 is 28.6. The maximum absolute atomic E-state index is 12.7. The molecular formula is C21H24N6O3S2. The molecular weight excluding hydrogens is 448 g/mol. The molecule has 168 valence electrons. The van der Waals surface area contributed by atoms with E-state index in [0.717, 1.165) is 18.4 Å². The van der Waals surface area contributed by atoms with Crippen LogP contribution in [-0.2, 0) is 21.9 Å². The number of carbonyl (C=O) groups excluding carboxylic acids is 1. The Morgan fingerprint density at radius 1 is 1.06 bits per heavy atom. The Morgan fingerprint density at radius 3 is 2.38 bits per heavy atom. The maximum Gasteiger partial charge on any atom is 0.243 e. The average molecular weight is 473 g/mol. The molecule has 1 atom stereocenters. The zero-order chi connectivity index (χ0) is 22.7. The highest BCUT2D eigenvalue weighted by molar-refractivity contribution is 8.00. The van der Waals surface area contributed by atoms with Gasteiger partial charge in [0, 0.05) is 43.8 Å². The molecule has 32 heavy (non-hydrogen) atoms. The summed E-state index contributed by atoms with van der Waals surface area (Å²) >= 11 is 1.30. The van der Waals surface area contributed by atoms with Crippen LogP contribution >= 0.6 is 11.8 Å². The van der Waals surface area contributed by atoms with Crippen molar-refractivity contribution in [2.24, 2.45) is 7.05 Å². The summed E-state index contributed by atoms with van der Waals surface area (Å²) in [6, 6.07) is 9.99. The van der Waals surface area contributed by atoms with Crippen LogP contribution in [0.5, 0.6) is 0 Å². The Kier molecular flexibility index (Phi) is 6.58. The second-order valence-corrected chi connectivity index (χ2v) is 10.7. The summed E-state index contributed by atoms with van der Waals surface area (Å²) in [5, 5.41) is 11.4. The van der Waals surface area contributed by atoms with Gasteiger partial charge in [-0.25, -0.2) is 8.42 Å². The van der Waals surface area contributed by atoms with Gasteiger partial charge in [0.1, 0.15) is 0 Å². The molecule has 2 aromatic heterocycles. The number of benzene rings is 1. The van der Waals surface area contributed by atoms with Crippen LogP contribution in [0.25, 0.3) is 11.4 Å². The summed E-state index contributed by atoms with van der Waals surface area (Å²) in [7, 11) is -1.62. The number of hydrogen-bond donors (Lipinski definition) is 1. The first-order valence-electron chi connectivity index (χ1n) is 10.2. The van der Waals surface area contributed by atoms with Crippen molar-refractivity contribution in [3.05, 3.63) is 48.8 Å². The van der Waals surface area contributed by atoms with Gasteiger partial charge in [-0.2, -0.15) is 4.31 Å². The number of anilines is 1. The lowest BCUT2D eigenvalue weighted by Crippen LogP contribution is -2.27. The lowest BCUT2D eigenvalue weighted by molar-refractivity contribution is -0.115. The normalized spacial score (nSPS) is 15.6. The van der Waals surface area contributed by atoms with Crippen molar-refractivity contribution >= 4 is 33.4 Å². The molecule has 1 aromatic carbocycles. The van der Waals surface area contributed by atoms with Gasteiger partial charge in [0.05, 0.1) is 10.1 Å². The smallest absolute Gasteiger partial charge is 0.243 e.